The third-order valence-corrected chi connectivity index (χ3v) is 6.23. The minimum absolute atomic E-state index is 0.0581. The standard InChI is InChI=1S/C23H31N5O2/c1-15-20(16-8-10-25-19(12-16)30-3)21(28-11-9-23(2,24)14-28)18(13-26-15)22(29)27-17-6-4-5-7-17/h8,10,12-13,17H,4-7,9,11,14,24H2,1-3H3,(H,27,29)/t23-/m0/s1. The molecule has 2 aromatic rings. The van der Waals surface area contributed by atoms with Crippen LogP contribution in [0.3, 0.4) is 0 Å². The SMILES string of the molecule is COc1cc(-c2c(C)ncc(C(=O)NC3CCCC3)c2N2CC[C@](C)(N)C2)ccn1. The van der Waals surface area contributed by atoms with Crippen LogP contribution < -0.4 is 20.7 Å². The number of pyridine rings is 2. The maximum Gasteiger partial charge on any atom is 0.255 e. The lowest BCUT2D eigenvalue weighted by molar-refractivity contribution is 0.0938. The summed E-state index contributed by atoms with van der Waals surface area (Å²) in [5, 5.41) is 3.23. The van der Waals surface area contributed by atoms with Gasteiger partial charge < -0.3 is 20.7 Å². The highest BCUT2D eigenvalue weighted by Gasteiger charge is 2.34. The summed E-state index contributed by atoms with van der Waals surface area (Å²) >= 11 is 0. The van der Waals surface area contributed by atoms with Crippen molar-refractivity contribution in [2.24, 2.45) is 5.73 Å². The molecule has 30 heavy (non-hydrogen) atoms. The molecule has 1 amide bonds. The first-order chi connectivity index (χ1) is 14.4. The molecule has 3 N–H and O–H groups in total. The van der Waals surface area contributed by atoms with Crippen molar-refractivity contribution in [2.45, 2.75) is 57.5 Å². The third kappa shape index (κ3) is 4.12. The summed E-state index contributed by atoms with van der Waals surface area (Å²) in [6.45, 7) is 5.53. The van der Waals surface area contributed by atoms with Crippen LogP contribution in [0.2, 0.25) is 0 Å². The predicted molar refractivity (Wildman–Crippen MR) is 118 cm³/mol. The molecule has 2 aliphatic rings. The van der Waals surface area contributed by atoms with Gasteiger partial charge in [0.15, 0.2) is 0 Å². The number of carbonyl (C=O) groups is 1. The number of methoxy groups -OCH3 is 1. The Morgan fingerprint density at radius 2 is 2.10 bits per heavy atom. The Bertz CT molecular complexity index is 937. The van der Waals surface area contributed by atoms with Gasteiger partial charge in [0.05, 0.1) is 18.4 Å². The summed E-state index contributed by atoms with van der Waals surface area (Å²) < 4.78 is 5.34. The van der Waals surface area contributed by atoms with E-state index in [1.807, 2.05) is 19.1 Å². The van der Waals surface area contributed by atoms with E-state index in [1.54, 1.807) is 19.5 Å². The summed E-state index contributed by atoms with van der Waals surface area (Å²) in [5.41, 5.74) is 10.4. The first-order valence-corrected chi connectivity index (χ1v) is 10.7. The van der Waals surface area contributed by atoms with E-state index in [0.717, 1.165) is 48.3 Å². The molecule has 4 rings (SSSR count). The first-order valence-electron chi connectivity index (χ1n) is 10.7. The number of hydrogen-bond donors (Lipinski definition) is 2. The number of nitrogens with two attached hydrogens (primary N) is 1. The highest BCUT2D eigenvalue weighted by atomic mass is 16.5. The van der Waals surface area contributed by atoms with Crippen LogP contribution in [0.25, 0.3) is 11.1 Å². The Morgan fingerprint density at radius 1 is 1.33 bits per heavy atom. The molecule has 7 nitrogen and oxygen atoms in total. The van der Waals surface area contributed by atoms with Crippen LogP contribution in [0.15, 0.2) is 24.5 Å². The molecule has 7 heteroatoms. The monoisotopic (exact) mass is 409 g/mol. The number of hydrogen-bond acceptors (Lipinski definition) is 6. The number of aryl methyl sites for hydroxylation is 1. The van der Waals surface area contributed by atoms with Crippen LogP contribution in [-0.4, -0.2) is 47.7 Å². The number of nitrogens with zero attached hydrogens (tertiary/aromatic N) is 3. The summed E-state index contributed by atoms with van der Waals surface area (Å²) in [4.78, 5) is 24.4. The Kier molecular flexibility index (Phi) is 5.64. The van der Waals surface area contributed by atoms with Crippen molar-refractivity contribution in [1.29, 1.82) is 0 Å². The molecule has 1 saturated heterocycles. The van der Waals surface area contributed by atoms with Gasteiger partial charge in [-0.3, -0.25) is 9.78 Å². The fraction of sp³-hybridized carbons (Fsp3) is 0.522. The summed E-state index contributed by atoms with van der Waals surface area (Å²) in [6.07, 6.45) is 8.73. The maximum atomic E-state index is 13.3. The van der Waals surface area contributed by atoms with E-state index in [2.05, 4.69) is 27.1 Å². The normalized spacial score (nSPS) is 21.8. The van der Waals surface area contributed by atoms with Gasteiger partial charge in [-0.2, -0.15) is 0 Å². The van der Waals surface area contributed by atoms with Crippen LogP contribution in [0.5, 0.6) is 5.88 Å². The molecular weight excluding hydrogens is 378 g/mol. The number of nitrogens with one attached hydrogen (secondary N) is 1. The number of rotatable bonds is 5. The summed E-state index contributed by atoms with van der Waals surface area (Å²) in [7, 11) is 1.60. The number of amides is 1. The van der Waals surface area contributed by atoms with Gasteiger partial charge in [-0.1, -0.05) is 12.8 Å². The molecule has 0 aromatic carbocycles. The lowest BCUT2D eigenvalue weighted by Crippen LogP contribution is -2.40. The van der Waals surface area contributed by atoms with E-state index in [-0.39, 0.29) is 17.5 Å². The first kappa shape index (κ1) is 20.6. The molecule has 0 radical (unpaired) electrons. The molecule has 1 saturated carbocycles. The second-order valence-corrected chi connectivity index (χ2v) is 8.85. The molecule has 0 bridgehead atoms. The highest BCUT2D eigenvalue weighted by molar-refractivity contribution is 6.04. The predicted octanol–water partition coefficient (Wildman–Crippen LogP) is 3.06. The average Bonchev–Trinajstić information content (AvgIpc) is 3.36. The van der Waals surface area contributed by atoms with Crippen molar-refractivity contribution in [3.8, 4) is 17.0 Å². The van der Waals surface area contributed by atoms with Crippen molar-refractivity contribution in [2.75, 3.05) is 25.1 Å². The van der Waals surface area contributed by atoms with Crippen LogP contribution in [0.1, 0.15) is 55.1 Å². The van der Waals surface area contributed by atoms with Gasteiger partial charge in [0.1, 0.15) is 0 Å². The molecule has 0 unspecified atom stereocenters. The molecule has 3 heterocycles. The van der Waals surface area contributed by atoms with Gasteiger partial charge in [0.2, 0.25) is 5.88 Å². The van der Waals surface area contributed by atoms with Crippen molar-refractivity contribution in [3.63, 3.8) is 0 Å². The lowest BCUT2D eigenvalue weighted by atomic mass is 9.98. The molecule has 160 valence electrons. The summed E-state index contributed by atoms with van der Waals surface area (Å²) in [5.74, 6) is 0.473. The molecule has 2 aromatic heterocycles. The number of anilines is 1. The van der Waals surface area contributed by atoms with Gasteiger partial charge in [-0.15, -0.1) is 0 Å². The average molecular weight is 410 g/mol. The van der Waals surface area contributed by atoms with Gasteiger partial charge in [-0.05, 0) is 44.7 Å². The van der Waals surface area contributed by atoms with Gasteiger partial charge in [-0.25, -0.2) is 4.98 Å². The van der Waals surface area contributed by atoms with E-state index < -0.39 is 0 Å². The zero-order valence-electron chi connectivity index (χ0n) is 18.1. The molecular formula is C23H31N5O2. The Balaban J connectivity index is 1.82. The maximum absolute atomic E-state index is 13.3. The van der Waals surface area contributed by atoms with Crippen molar-refractivity contribution < 1.29 is 9.53 Å². The second-order valence-electron chi connectivity index (χ2n) is 8.85. The van der Waals surface area contributed by atoms with Crippen LogP contribution in [0.4, 0.5) is 5.69 Å². The fourth-order valence-electron chi connectivity index (χ4n) is 4.62. The van der Waals surface area contributed by atoms with Gasteiger partial charge in [0, 0.05) is 54.4 Å². The molecule has 1 aliphatic heterocycles. The minimum Gasteiger partial charge on any atom is -0.481 e. The number of aromatic nitrogens is 2. The van der Waals surface area contributed by atoms with Crippen LogP contribution in [0, 0.1) is 6.92 Å². The van der Waals surface area contributed by atoms with Crippen LogP contribution >= 0.6 is 0 Å². The quantitative estimate of drug-likeness (QED) is 0.788. The summed E-state index contributed by atoms with van der Waals surface area (Å²) in [6, 6.07) is 4.07. The van der Waals surface area contributed by atoms with E-state index >= 15 is 0 Å². The highest BCUT2D eigenvalue weighted by Crippen LogP contribution is 2.39. The Hall–Kier alpha value is -2.67. The Labute approximate surface area is 178 Å². The smallest absolute Gasteiger partial charge is 0.255 e. The number of carbonyl (C=O) groups excluding carboxylic acids is 1. The zero-order chi connectivity index (χ0) is 21.3. The molecule has 1 atom stereocenters. The lowest BCUT2D eigenvalue weighted by Gasteiger charge is -2.27. The molecule has 2 fully saturated rings. The van der Waals surface area contributed by atoms with Gasteiger partial charge in [0.25, 0.3) is 5.91 Å². The van der Waals surface area contributed by atoms with Gasteiger partial charge >= 0.3 is 0 Å². The Morgan fingerprint density at radius 3 is 2.77 bits per heavy atom. The van der Waals surface area contributed by atoms with Crippen molar-refractivity contribution >= 4 is 11.6 Å². The topological polar surface area (TPSA) is 93.4 Å². The molecule has 1 aliphatic carbocycles. The largest absolute Gasteiger partial charge is 0.481 e. The minimum atomic E-state index is -0.288. The molecule has 0 spiro atoms. The van der Waals surface area contributed by atoms with Crippen LogP contribution in [-0.2, 0) is 0 Å². The van der Waals surface area contributed by atoms with E-state index in [1.165, 1.54) is 12.8 Å². The third-order valence-electron chi connectivity index (χ3n) is 6.23. The van der Waals surface area contributed by atoms with Crippen molar-refractivity contribution in [3.05, 3.63) is 35.8 Å². The van der Waals surface area contributed by atoms with E-state index in [4.69, 9.17) is 10.5 Å². The van der Waals surface area contributed by atoms with E-state index in [0.29, 0.717) is 18.0 Å². The second kappa shape index (κ2) is 8.22. The number of ether oxygens (including phenoxy) is 1. The zero-order valence-corrected chi connectivity index (χ0v) is 18.1. The fourth-order valence-corrected chi connectivity index (χ4v) is 4.62. The van der Waals surface area contributed by atoms with E-state index in [9.17, 15) is 4.79 Å². The van der Waals surface area contributed by atoms with Crippen molar-refractivity contribution in [1.82, 2.24) is 15.3 Å².